The van der Waals surface area contributed by atoms with Crippen molar-refractivity contribution < 1.29 is 5.11 Å². The van der Waals surface area contributed by atoms with Crippen molar-refractivity contribution in [3.8, 4) is 11.4 Å². The van der Waals surface area contributed by atoms with Crippen LogP contribution in [-0.4, -0.2) is 34.7 Å². The first-order chi connectivity index (χ1) is 14.0. The SMILES string of the molecule is C=Cc1cccc(-n2nnn(C)c2=O)c1C(O)c1ccn(-c2ccc(Cl)cc2)n1. The van der Waals surface area contributed by atoms with Crippen LogP contribution in [0.1, 0.15) is 22.9 Å². The zero-order chi connectivity index (χ0) is 20.5. The maximum atomic E-state index is 12.4. The summed E-state index contributed by atoms with van der Waals surface area (Å²) in [6, 6.07) is 14.1. The van der Waals surface area contributed by atoms with Gasteiger partial charge in [0.15, 0.2) is 0 Å². The number of benzene rings is 2. The van der Waals surface area contributed by atoms with Gasteiger partial charge in [0, 0.05) is 23.8 Å². The second kappa shape index (κ2) is 7.50. The molecule has 1 unspecified atom stereocenters. The van der Waals surface area contributed by atoms with E-state index in [2.05, 4.69) is 22.1 Å². The minimum Gasteiger partial charge on any atom is -0.382 e. The van der Waals surface area contributed by atoms with Gasteiger partial charge in [0.1, 0.15) is 6.10 Å². The van der Waals surface area contributed by atoms with Crippen LogP contribution < -0.4 is 5.69 Å². The van der Waals surface area contributed by atoms with Crippen LogP contribution in [0.3, 0.4) is 0 Å². The van der Waals surface area contributed by atoms with E-state index in [4.69, 9.17) is 11.6 Å². The monoisotopic (exact) mass is 408 g/mol. The van der Waals surface area contributed by atoms with E-state index in [9.17, 15) is 9.90 Å². The van der Waals surface area contributed by atoms with Gasteiger partial charge < -0.3 is 5.11 Å². The molecule has 1 N–H and O–H groups in total. The third kappa shape index (κ3) is 3.39. The zero-order valence-corrected chi connectivity index (χ0v) is 16.2. The van der Waals surface area contributed by atoms with Gasteiger partial charge in [-0.15, -0.1) is 0 Å². The largest absolute Gasteiger partial charge is 0.382 e. The summed E-state index contributed by atoms with van der Waals surface area (Å²) >= 11 is 5.94. The van der Waals surface area contributed by atoms with E-state index >= 15 is 0 Å². The molecule has 0 spiro atoms. The number of hydrogen-bond donors (Lipinski definition) is 1. The Morgan fingerprint density at radius 3 is 2.55 bits per heavy atom. The summed E-state index contributed by atoms with van der Waals surface area (Å²) in [5.41, 5.74) is 2.32. The van der Waals surface area contributed by atoms with E-state index in [-0.39, 0.29) is 0 Å². The van der Waals surface area contributed by atoms with Crippen LogP contribution in [0.4, 0.5) is 0 Å². The fraction of sp³-hybridized carbons (Fsp3) is 0.100. The highest BCUT2D eigenvalue weighted by Gasteiger charge is 2.23. The van der Waals surface area contributed by atoms with Gasteiger partial charge in [-0.2, -0.15) is 14.5 Å². The second-order valence-electron chi connectivity index (χ2n) is 6.35. The molecular formula is C20H17ClN6O2. The number of aryl methyl sites for hydroxylation is 1. The van der Waals surface area contributed by atoms with Crippen molar-refractivity contribution in [2.45, 2.75) is 6.10 Å². The molecule has 1 atom stereocenters. The Morgan fingerprint density at radius 1 is 1.14 bits per heavy atom. The molecule has 2 heterocycles. The van der Waals surface area contributed by atoms with Crippen molar-refractivity contribution in [1.82, 2.24) is 29.6 Å². The van der Waals surface area contributed by atoms with Crippen molar-refractivity contribution in [2.75, 3.05) is 0 Å². The third-order valence-corrected chi connectivity index (χ3v) is 4.79. The van der Waals surface area contributed by atoms with Gasteiger partial charge in [0.25, 0.3) is 0 Å². The molecule has 0 saturated carbocycles. The molecular weight excluding hydrogens is 392 g/mol. The molecule has 0 aliphatic rings. The van der Waals surface area contributed by atoms with E-state index in [0.29, 0.717) is 27.5 Å². The molecule has 0 aliphatic carbocycles. The van der Waals surface area contributed by atoms with Crippen LogP contribution >= 0.6 is 11.6 Å². The van der Waals surface area contributed by atoms with E-state index in [1.165, 1.54) is 7.05 Å². The van der Waals surface area contributed by atoms with Crippen molar-refractivity contribution in [3.05, 3.63) is 93.6 Å². The lowest BCUT2D eigenvalue weighted by Crippen LogP contribution is -2.23. The number of nitrogens with zero attached hydrogens (tertiary/aromatic N) is 6. The highest BCUT2D eigenvalue weighted by atomic mass is 35.5. The minimum atomic E-state index is -1.11. The fourth-order valence-electron chi connectivity index (χ4n) is 3.07. The van der Waals surface area contributed by atoms with Crippen LogP contribution in [0.5, 0.6) is 0 Å². The smallest absolute Gasteiger partial charge is 0.368 e. The predicted octanol–water partition coefficient (Wildman–Crippen LogP) is 2.53. The van der Waals surface area contributed by atoms with Gasteiger partial charge in [-0.25, -0.2) is 9.48 Å². The number of hydrogen-bond acceptors (Lipinski definition) is 5. The molecule has 2 aromatic carbocycles. The Hall–Kier alpha value is -3.49. The first-order valence-electron chi connectivity index (χ1n) is 8.74. The Kier molecular flexibility index (Phi) is 4.87. The number of aliphatic hydroxyl groups excluding tert-OH is 1. The van der Waals surface area contributed by atoms with Gasteiger partial charge in [0.2, 0.25) is 0 Å². The van der Waals surface area contributed by atoms with Gasteiger partial charge in [0.05, 0.1) is 17.1 Å². The summed E-state index contributed by atoms with van der Waals surface area (Å²) in [7, 11) is 1.51. The highest BCUT2D eigenvalue weighted by molar-refractivity contribution is 6.30. The summed E-state index contributed by atoms with van der Waals surface area (Å²) in [5, 5.41) is 23.9. The number of aromatic nitrogens is 6. The molecule has 9 heteroatoms. The molecule has 0 saturated heterocycles. The van der Waals surface area contributed by atoms with Crippen LogP contribution in [0, 0.1) is 0 Å². The molecule has 0 amide bonds. The quantitative estimate of drug-likeness (QED) is 0.548. The van der Waals surface area contributed by atoms with Gasteiger partial charge in [-0.1, -0.05) is 36.4 Å². The Balaban J connectivity index is 1.80. The number of halogens is 1. The summed E-state index contributed by atoms with van der Waals surface area (Å²) in [4.78, 5) is 12.4. The Labute approximate surface area is 170 Å². The number of aliphatic hydroxyl groups is 1. The molecule has 2 aromatic heterocycles. The standard InChI is InChI=1S/C20H17ClN6O2/c1-3-13-5-4-6-17(27-20(29)25(2)23-24-27)18(13)19(28)16-11-12-26(22-16)15-9-7-14(21)8-10-15/h3-12,19,28H,1H2,2H3. The zero-order valence-electron chi connectivity index (χ0n) is 15.5. The summed E-state index contributed by atoms with van der Waals surface area (Å²) in [5.74, 6) is 0. The highest BCUT2D eigenvalue weighted by Crippen LogP contribution is 2.30. The van der Waals surface area contributed by atoms with Gasteiger partial charge in [-0.3, -0.25) is 0 Å². The average molecular weight is 409 g/mol. The van der Waals surface area contributed by atoms with E-state index < -0.39 is 11.8 Å². The molecule has 4 rings (SSSR count). The van der Waals surface area contributed by atoms with Gasteiger partial charge >= 0.3 is 5.69 Å². The van der Waals surface area contributed by atoms with E-state index in [1.54, 1.807) is 53.4 Å². The predicted molar refractivity (Wildman–Crippen MR) is 109 cm³/mol. The van der Waals surface area contributed by atoms with Gasteiger partial charge in [-0.05, 0) is 52.4 Å². The normalized spacial score (nSPS) is 12.1. The van der Waals surface area contributed by atoms with Crippen molar-refractivity contribution in [1.29, 1.82) is 0 Å². The molecule has 8 nitrogen and oxygen atoms in total. The molecule has 0 aliphatic heterocycles. The Bertz CT molecular complexity index is 1240. The maximum Gasteiger partial charge on any atom is 0.368 e. The molecule has 4 aromatic rings. The molecule has 29 heavy (non-hydrogen) atoms. The van der Waals surface area contributed by atoms with Crippen LogP contribution in [0.25, 0.3) is 17.5 Å². The first kappa shape index (κ1) is 18.9. The van der Waals surface area contributed by atoms with E-state index in [0.717, 1.165) is 15.1 Å². The molecule has 146 valence electrons. The fourth-order valence-corrected chi connectivity index (χ4v) is 3.19. The van der Waals surface area contributed by atoms with Crippen molar-refractivity contribution in [3.63, 3.8) is 0 Å². The van der Waals surface area contributed by atoms with Crippen LogP contribution in [-0.2, 0) is 7.05 Å². The lowest BCUT2D eigenvalue weighted by molar-refractivity contribution is 0.214. The third-order valence-electron chi connectivity index (χ3n) is 4.54. The number of tetrazole rings is 1. The summed E-state index contributed by atoms with van der Waals surface area (Å²) in [6.45, 7) is 3.81. The molecule has 0 bridgehead atoms. The first-order valence-corrected chi connectivity index (χ1v) is 9.11. The van der Waals surface area contributed by atoms with E-state index in [1.807, 2.05) is 12.1 Å². The lowest BCUT2D eigenvalue weighted by atomic mass is 9.98. The van der Waals surface area contributed by atoms with Crippen LogP contribution in [0.2, 0.25) is 5.02 Å². The average Bonchev–Trinajstić information content (AvgIpc) is 3.35. The molecule has 0 radical (unpaired) electrons. The van der Waals surface area contributed by atoms with Crippen molar-refractivity contribution >= 4 is 17.7 Å². The van der Waals surface area contributed by atoms with Crippen LogP contribution in [0.15, 0.2) is 66.1 Å². The topological polar surface area (TPSA) is 90.8 Å². The minimum absolute atomic E-state index is 0.410. The summed E-state index contributed by atoms with van der Waals surface area (Å²) in [6.07, 6.45) is 2.24. The molecule has 0 fully saturated rings. The van der Waals surface area contributed by atoms with Crippen molar-refractivity contribution in [2.24, 2.45) is 7.05 Å². The maximum absolute atomic E-state index is 12.4. The second-order valence-corrected chi connectivity index (χ2v) is 6.78. The Morgan fingerprint density at radius 2 is 1.90 bits per heavy atom. The lowest BCUT2D eigenvalue weighted by Gasteiger charge is -2.16. The number of rotatable bonds is 5. The summed E-state index contributed by atoms with van der Waals surface area (Å²) < 4.78 is 3.90.